The first-order valence-electron chi connectivity index (χ1n) is 20.7. The van der Waals surface area contributed by atoms with E-state index in [-0.39, 0.29) is 13.0 Å². The third-order valence-corrected chi connectivity index (χ3v) is 9.53. The second-order valence-corrected chi connectivity index (χ2v) is 15.2. The van der Waals surface area contributed by atoms with E-state index in [2.05, 4.69) is 50.3 Å². The highest BCUT2D eigenvalue weighted by Gasteiger charge is 2.26. The highest BCUT2D eigenvalue weighted by molar-refractivity contribution is 7.47. The lowest BCUT2D eigenvalue weighted by Crippen LogP contribution is -2.28. The predicted octanol–water partition coefficient (Wildman–Crippen LogP) is 11.4. The van der Waals surface area contributed by atoms with Crippen LogP contribution in [-0.4, -0.2) is 59.7 Å². The maximum absolute atomic E-state index is 12.6. The fourth-order valence-corrected chi connectivity index (χ4v) is 6.18. The van der Waals surface area contributed by atoms with Crippen LogP contribution in [0.5, 0.6) is 0 Å². The molecule has 10 heteroatoms. The van der Waals surface area contributed by atoms with Gasteiger partial charge in [0.1, 0.15) is 12.7 Å². The highest BCUT2D eigenvalue weighted by atomic mass is 31.2. The average Bonchev–Trinajstić information content (AvgIpc) is 3.13. The number of hydrogen-bond acceptors (Lipinski definition) is 8. The zero-order valence-corrected chi connectivity index (χ0v) is 33.9. The summed E-state index contributed by atoms with van der Waals surface area (Å²) >= 11 is 0. The van der Waals surface area contributed by atoms with Crippen molar-refractivity contribution in [2.75, 3.05) is 26.4 Å². The summed E-state index contributed by atoms with van der Waals surface area (Å²) in [5, 5.41) is 18.3. The van der Waals surface area contributed by atoms with Crippen LogP contribution in [0.3, 0.4) is 0 Å². The number of aliphatic hydroxyl groups is 2. The number of aliphatic hydroxyl groups excluding tert-OH is 2. The summed E-state index contributed by atoms with van der Waals surface area (Å²) in [4.78, 5) is 22.5. The van der Waals surface area contributed by atoms with Crippen molar-refractivity contribution in [3.05, 3.63) is 48.8 Å². The molecule has 304 valence electrons. The maximum Gasteiger partial charge on any atom is 0.472 e. The summed E-state index contributed by atoms with van der Waals surface area (Å²) < 4.78 is 33.0. The molecule has 0 aliphatic carbocycles. The standard InChI is InChI=1S/C42H77O9P/c1-3-5-7-9-11-13-15-17-19-20-21-22-24-26-28-30-32-34-42(45)51-41(39-50-52(46,47)49-37-40(44)36-43)38-48-35-33-31-29-27-25-23-18-16-14-12-10-8-6-4-2/h11,13,17,19,21-22,33,35,40-41,43-44H,3-10,12,14-16,18,20,23-32,34,36-39H2,1-2H3,(H,46,47)/b13-11-,19-17-,22-21-,35-33-/t40-,41+/m0/s1. The van der Waals surface area contributed by atoms with Gasteiger partial charge in [-0.1, -0.05) is 147 Å². The Balaban J connectivity index is 4.31. The minimum absolute atomic E-state index is 0.0444. The molecule has 0 amide bonds. The Morgan fingerprint density at radius 3 is 1.60 bits per heavy atom. The molecule has 0 spiro atoms. The summed E-state index contributed by atoms with van der Waals surface area (Å²) in [6, 6.07) is 0. The lowest BCUT2D eigenvalue weighted by atomic mass is 10.0. The average molecular weight is 757 g/mol. The second kappa shape index (κ2) is 39.0. The smallest absolute Gasteiger partial charge is 0.472 e. The zero-order valence-electron chi connectivity index (χ0n) is 33.0. The normalized spacial score (nSPS) is 14.6. The molecular formula is C42H77O9P. The van der Waals surface area contributed by atoms with E-state index in [1.165, 1.54) is 96.3 Å². The molecule has 0 aliphatic rings. The summed E-state index contributed by atoms with van der Waals surface area (Å²) in [6.07, 6.45) is 42.9. The largest absolute Gasteiger partial charge is 0.498 e. The summed E-state index contributed by atoms with van der Waals surface area (Å²) in [7, 11) is -4.54. The van der Waals surface area contributed by atoms with Gasteiger partial charge in [-0.2, -0.15) is 0 Å². The van der Waals surface area contributed by atoms with Gasteiger partial charge in [0.25, 0.3) is 0 Å². The molecule has 0 aromatic heterocycles. The lowest BCUT2D eigenvalue weighted by molar-refractivity contribution is -0.153. The Kier molecular flexibility index (Phi) is 37.7. The highest BCUT2D eigenvalue weighted by Crippen LogP contribution is 2.43. The van der Waals surface area contributed by atoms with Crippen molar-refractivity contribution in [3.63, 3.8) is 0 Å². The molecule has 0 saturated carbocycles. The number of carbonyl (C=O) groups excluding carboxylic acids is 1. The number of phosphoric acid groups is 1. The van der Waals surface area contributed by atoms with E-state index in [0.717, 1.165) is 51.4 Å². The van der Waals surface area contributed by atoms with Gasteiger partial charge in [-0.25, -0.2) is 4.57 Å². The van der Waals surface area contributed by atoms with Crippen molar-refractivity contribution < 1.29 is 43.0 Å². The SMILES string of the molecule is CCCCC/C=C\C/C=C\C/C=C\CCCCCCC(=O)O[C@H](CO/C=C\CCCCCCCCCCCCCC)COP(=O)(O)OC[C@@H](O)CO. The topological polar surface area (TPSA) is 132 Å². The predicted molar refractivity (Wildman–Crippen MR) is 214 cm³/mol. The van der Waals surface area contributed by atoms with Crippen LogP contribution in [0, 0.1) is 0 Å². The molecule has 0 saturated heterocycles. The van der Waals surface area contributed by atoms with Gasteiger partial charge < -0.3 is 24.6 Å². The van der Waals surface area contributed by atoms with Crippen LogP contribution in [0.4, 0.5) is 0 Å². The monoisotopic (exact) mass is 757 g/mol. The van der Waals surface area contributed by atoms with Crippen LogP contribution in [0.1, 0.15) is 174 Å². The Labute approximate surface area is 317 Å². The van der Waals surface area contributed by atoms with Crippen LogP contribution in [0.2, 0.25) is 0 Å². The van der Waals surface area contributed by atoms with Crippen molar-refractivity contribution in [2.45, 2.75) is 187 Å². The molecule has 0 heterocycles. The van der Waals surface area contributed by atoms with E-state index in [0.29, 0.717) is 6.42 Å². The zero-order chi connectivity index (χ0) is 38.2. The van der Waals surface area contributed by atoms with Gasteiger partial charge in [-0.05, 0) is 63.9 Å². The molecule has 52 heavy (non-hydrogen) atoms. The van der Waals surface area contributed by atoms with Crippen LogP contribution < -0.4 is 0 Å². The first-order valence-corrected chi connectivity index (χ1v) is 22.2. The molecule has 0 rings (SSSR count). The van der Waals surface area contributed by atoms with Crippen molar-refractivity contribution in [2.24, 2.45) is 0 Å². The Hall–Kier alpha value is -1.74. The van der Waals surface area contributed by atoms with Gasteiger partial charge in [-0.3, -0.25) is 13.8 Å². The fourth-order valence-electron chi connectivity index (χ4n) is 5.39. The number of unbranched alkanes of at least 4 members (excludes halogenated alkanes) is 19. The van der Waals surface area contributed by atoms with Gasteiger partial charge >= 0.3 is 13.8 Å². The number of phosphoric ester groups is 1. The number of esters is 1. The van der Waals surface area contributed by atoms with E-state index in [9.17, 15) is 19.4 Å². The number of rotatable bonds is 39. The molecule has 3 atom stereocenters. The number of ether oxygens (including phenoxy) is 2. The maximum atomic E-state index is 12.6. The van der Waals surface area contributed by atoms with Crippen molar-refractivity contribution >= 4 is 13.8 Å². The van der Waals surface area contributed by atoms with E-state index in [1.807, 2.05) is 6.08 Å². The van der Waals surface area contributed by atoms with E-state index in [1.54, 1.807) is 6.26 Å². The van der Waals surface area contributed by atoms with Crippen LogP contribution in [0.15, 0.2) is 48.8 Å². The van der Waals surface area contributed by atoms with Crippen molar-refractivity contribution in [3.8, 4) is 0 Å². The van der Waals surface area contributed by atoms with Crippen LogP contribution in [0.25, 0.3) is 0 Å². The quantitative estimate of drug-likeness (QED) is 0.0184. The summed E-state index contributed by atoms with van der Waals surface area (Å²) in [5.74, 6) is -0.426. The second-order valence-electron chi connectivity index (χ2n) is 13.7. The van der Waals surface area contributed by atoms with Gasteiger partial charge in [-0.15, -0.1) is 0 Å². The molecule has 0 aromatic rings. The Morgan fingerprint density at radius 2 is 1.04 bits per heavy atom. The lowest BCUT2D eigenvalue weighted by Gasteiger charge is -2.20. The first kappa shape index (κ1) is 50.3. The summed E-state index contributed by atoms with van der Waals surface area (Å²) in [5.41, 5.74) is 0. The van der Waals surface area contributed by atoms with Crippen molar-refractivity contribution in [1.82, 2.24) is 0 Å². The van der Waals surface area contributed by atoms with Gasteiger partial charge in [0.2, 0.25) is 0 Å². The summed E-state index contributed by atoms with van der Waals surface area (Å²) in [6.45, 7) is 2.82. The molecule has 0 bridgehead atoms. The Bertz CT molecular complexity index is 950. The molecule has 3 N–H and O–H groups in total. The number of carbonyl (C=O) groups is 1. The molecule has 0 aromatic carbocycles. The number of hydrogen-bond donors (Lipinski definition) is 3. The fraction of sp³-hybridized carbons (Fsp3) is 0.786. The minimum Gasteiger partial charge on any atom is -0.498 e. The minimum atomic E-state index is -4.54. The molecule has 0 aliphatic heterocycles. The van der Waals surface area contributed by atoms with E-state index >= 15 is 0 Å². The van der Waals surface area contributed by atoms with E-state index in [4.69, 9.17) is 23.6 Å². The van der Waals surface area contributed by atoms with Crippen LogP contribution >= 0.6 is 7.82 Å². The Morgan fingerprint density at radius 1 is 0.596 bits per heavy atom. The van der Waals surface area contributed by atoms with E-state index < -0.39 is 45.8 Å². The van der Waals surface area contributed by atoms with Gasteiger partial charge in [0.05, 0.1) is 26.1 Å². The van der Waals surface area contributed by atoms with Crippen LogP contribution in [-0.2, 0) is 27.9 Å². The third-order valence-electron chi connectivity index (χ3n) is 8.58. The third kappa shape index (κ3) is 38.0. The number of allylic oxidation sites excluding steroid dienone is 7. The molecule has 0 radical (unpaired) electrons. The molecule has 0 fully saturated rings. The molecule has 1 unspecified atom stereocenters. The van der Waals surface area contributed by atoms with Crippen molar-refractivity contribution in [1.29, 1.82) is 0 Å². The first-order chi connectivity index (χ1) is 25.3. The molecule has 9 nitrogen and oxygen atoms in total. The van der Waals surface area contributed by atoms with Gasteiger partial charge in [0.15, 0.2) is 6.10 Å². The molecular weight excluding hydrogens is 679 g/mol. The van der Waals surface area contributed by atoms with Gasteiger partial charge in [0, 0.05) is 6.42 Å².